The summed E-state index contributed by atoms with van der Waals surface area (Å²) in [4.78, 5) is 22.8. The van der Waals surface area contributed by atoms with E-state index in [1.165, 1.54) is 59.4 Å². The van der Waals surface area contributed by atoms with Gasteiger partial charge in [0.1, 0.15) is 10.6 Å². The summed E-state index contributed by atoms with van der Waals surface area (Å²) in [5.41, 5.74) is 0.0206. The molecule has 3 aromatic carbocycles. The smallest absolute Gasteiger partial charge is 0.341 e. The topological polar surface area (TPSA) is 195 Å². The predicted molar refractivity (Wildman–Crippen MR) is 117 cm³/mol. The maximum Gasteiger partial charge on any atom is 0.341 e. The number of benzene rings is 3. The lowest BCUT2D eigenvalue weighted by Crippen LogP contribution is -2.44. The Labute approximate surface area is 196 Å². The third-order valence-corrected chi connectivity index (χ3v) is 5.83. The van der Waals surface area contributed by atoms with Gasteiger partial charge in [0, 0.05) is 34.6 Å². The standard InChI is InChI=1S/C20H14N6O8S/c27-12-13-11-16(26(30)31)9-10-18(13)24-22-20(17-3-1-2-4-19(17)35(32,33)34)21-23(24)14-5-7-15(8-6-14)25(28)29/h1-11,27H,12H2/p+1. The molecule has 0 aliphatic heterocycles. The highest BCUT2D eigenvalue weighted by Gasteiger charge is 2.30. The van der Waals surface area contributed by atoms with Gasteiger partial charge in [0.05, 0.1) is 27.1 Å². The van der Waals surface area contributed by atoms with Crippen LogP contribution in [0.5, 0.6) is 0 Å². The number of aliphatic hydroxyl groups is 1. The van der Waals surface area contributed by atoms with Gasteiger partial charge in [0.2, 0.25) is 0 Å². The van der Waals surface area contributed by atoms with Crippen molar-refractivity contribution >= 4 is 21.5 Å². The molecule has 0 unspecified atom stereocenters. The van der Waals surface area contributed by atoms with E-state index in [9.17, 15) is 38.3 Å². The highest BCUT2D eigenvalue weighted by atomic mass is 32.2. The average Bonchev–Trinajstić information content (AvgIpc) is 3.28. The number of nitro groups is 2. The average molecular weight is 499 g/mol. The zero-order chi connectivity index (χ0) is 25.3. The molecule has 0 saturated carbocycles. The molecule has 14 nitrogen and oxygen atoms in total. The van der Waals surface area contributed by atoms with Crippen LogP contribution in [0.3, 0.4) is 0 Å². The monoisotopic (exact) mass is 499 g/mol. The predicted octanol–water partition coefficient (Wildman–Crippen LogP) is 1.77. The van der Waals surface area contributed by atoms with Crippen molar-refractivity contribution in [2.24, 2.45) is 0 Å². The van der Waals surface area contributed by atoms with E-state index in [1.807, 2.05) is 0 Å². The Balaban J connectivity index is 1.99. The summed E-state index contributed by atoms with van der Waals surface area (Å²) < 4.78 is 33.4. The molecular weight excluding hydrogens is 484 g/mol. The Morgan fingerprint density at radius 1 is 0.943 bits per heavy atom. The van der Waals surface area contributed by atoms with Crippen LogP contribution in [0.4, 0.5) is 11.4 Å². The molecule has 178 valence electrons. The molecular formula is C20H15N6O8S+. The molecule has 0 amide bonds. The third-order valence-electron chi connectivity index (χ3n) is 4.92. The van der Waals surface area contributed by atoms with E-state index in [0.29, 0.717) is 0 Å². The fraction of sp³-hybridized carbons (Fsp3) is 0.0500. The Hall–Kier alpha value is -4.60. The van der Waals surface area contributed by atoms with Crippen molar-refractivity contribution in [2.45, 2.75) is 11.5 Å². The largest absolute Gasteiger partial charge is 0.392 e. The second-order valence-electron chi connectivity index (χ2n) is 7.08. The minimum atomic E-state index is -4.65. The molecule has 0 atom stereocenters. The van der Waals surface area contributed by atoms with Gasteiger partial charge < -0.3 is 5.11 Å². The van der Waals surface area contributed by atoms with Gasteiger partial charge in [0.15, 0.2) is 5.69 Å². The van der Waals surface area contributed by atoms with Gasteiger partial charge in [-0.05, 0) is 40.2 Å². The van der Waals surface area contributed by atoms with Gasteiger partial charge >= 0.3 is 5.82 Å². The highest BCUT2D eigenvalue weighted by Crippen LogP contribution is 2.25. The molecule has 0 aliphatic carbocycles. The van der Waals surface area contributed by atoms with E-state index in [-0.39, 0.29) is 39.7 Å². The molecule has 0 saturated heterocycles. The van der Waals surface area contributed by atoms with Crippen LogP contribution in [0, 0.1) is 20.2 Å². The van der Waals surface area contributed by atoms with E-state index in [2.05, 4.69) is 10.2 Å². The van der Waals surface area contributed by atoms with Crippen molar-refractivity contribution in [2.75, 3.05) is 0 Å². The van der Waals surface area contributed by atoms with E-state index in [1.54, 1.807) is 0 Å². The summed E-state index contributed by atoms with van der Waals surface area (Å²) in [6.45, 7) is -0.603. The van der Waals surface area contributed by atoms with Crippen LogP contribution in [-0.2, 0) is 16.7 Å². The molecule has 1 aromatic heterocycles. The first-order valence-corrected chi connectivity index (χ1v) is 11.1. The van der Waals surface area contributed by atoms with Crippen LogP contribution in [0.1, 0.15) is 5.56 Å². The number of rotatable bonds is 7. The van der Waals surface area contributed by atoms with Crippen LogP contribution in [0.25, 0.3) is 22.8 Å². The van der Waals surface area contributed by atoms with Crippen molar-refractivity contribution in [1.29, 1.82) is 0 Å². The number of hydrogen-bond donors (Lipinski definition) is 2. The Morgan fingerprint density at radius 2 is 1.57 bits per heavy atom. The number of nitro benzene ring substituents is 2. The first-order valence-electron chi connectivity index (χ1n) is 9.70. The first kappa shape index (κ1) is 23.6. The van der Waals surface area contributed by atoms with Crippen LogP contribution in [0.2, 0.25) is 0 Å². The molecule has 0 aliphatic rings. The van der Waals surface area contributed by atoms with Crippen molar-refractivity contribution in [3.05, 3.63) is 92.5 Å². The van der Waals surface area contributed by atoms with Gasteiger partial charge in [-0.25, -0.2) is 0 Å². The molecule has 0 fully saturated rings. The molecule has 4 aromatic rings. The molecule has 2 N–H and O–H groups in total. The van der Waals surface area contributed by atoms with Crippen molar-refractivity contribution in [3.8, 4) is 22.8 Å². The maximum absolute atomic E-state index is 11.9. The number of aromatic nitrogens is 4. The molecule has 0 bridgehead atoms. The summed E-state index contributed by atoms with van der Waals surface area (Å²) in [5.74, 6) is -0.154. The number of aliphatic hydroxyl groups excluding tert-OH is 1. The minimum absolute atomic E-state index is 0.0446. The van der Waals surface area contributed by atoms with Crippen molar-refractivity contribution in [3.63, 3.8) is 0 Å². The quantitative estimate of drug-likeness (QED) is 0.164. The van der Waals surface area contributed by atoms with Crippen molar-refractivity contribution in [1.82, 2.24) is 15.0 Å². The molecule has 0 spiro atoms. The molecule has 15 heteroatoms. The lowest BCUT2D eigenvalue weighted by atomic mass is 10.1. The summed E-state index contributed by atoms with van der Waals surface area (Å²) in [7, 11) is -4.65. The van der Waals surface area contributed by atoms with E-state index >= 15 is 0 Å². The highest BCUT2D eigenvalue weighted by molar-refractivity contribution is 7.86. The van der Waals surface area contributed by atoms with Crippen LogP contribution >= 0.6 is 0 Å². The van der Waals surface area contributed by atoms with E-state index < -0.39 is 31.5 Å². The van der Waals surface area contributed by atoms with E-state index in [4.69, 9.17) is 0 Å². The van der Waals surface area contributed by atoms with Gasteiger partial charge in [-0.2, -0.15) is 8.42 Å². The number of non-ortho nitro benzene ring substituents is 2. The summed E-state index contributed by atoms with van der Waals surface area (Å²) in [6, 6.07) is 14.2. The Kier molecular flexibility index (Phi) is 6.04. The molecule has 35 heavy (non-hydrogen) atoms. The number of tetrazole rings is 1. The zero-order valence-corrected chi connectivity index (χ0v) is 18.3. The summed E-state index contributed by atoms with van der Waals surface area (Å²) >= 11 is 0. The van der Waals surface area contributed by atoms with Gasteiger partial charge in [-0.1, -0.05) is 12.1 Å². The SMILES string of the molecule is O=[N+]([O-])c1ccc(-n2nc(-c3ccccc3S(=O)(=O)O)n[n+]2-c2ccc([N+](=O)[O-])cc2CO)cc1. The number of nitrogens with zero attached hydrogens (tertiary/aromatic N) is 6. The van der Waals surface area contributed by atoms with Crippen LogP contribution in [-0.4, -0.2) is 42.9 Å². The minimum Gasteiger partial charge on any atom is -0.392 e. The van der Waals surface area contributed by atoms with Gasteiger partial charge in [-0.15, -0.1) is 0 Å². The Bertz CT molecular complexity index is 1570. The molecule has 4 rings (SSSR count). The van der Waals surface area contributed by atoms with E-state index in [0.717, 1.165) is 16.9 Å². The zero-order valence-electron chi connectivity index (χ0n) is 17.5. The molecule has 0 radical (unpaired) electrons. The fourth-order valence-corrected chi connectivity index (χ4v) is 3.99. The maximum atomic E-state index is 11.9. The van der Waals surface area contributed by atoms with Gasteiger partial charge in [-0.3, -0.25) is 24.8 Å². The lowest BCUT2D eigenvalue weighted by molar-refractivity contribution is -0.735. The lowest BCUT2D eigenvalue weighted by Gasteiger charge is -2.04. The fourth-order valence-electron chi connectivity index (χ4n) is 3.31. The second-order valence-corrected chi connectivity index (χ2v) is 8.47. The third kappa shape index (κ3) is 4.58. The van der Waals surface area contributed by atoms with Crippen LogP contribution in [0.15, 0.2) is 71.6 Å². The van der Waals surface area contributed by atoms with Crippen LogP contribution < -0.4 is 4.80 Å². The summed E-state index contributed by atoms with van der Waals surface area (Å²) in [6.07, 6.45) is 0. The van der Waals surface area contributed by atoms with Crippen molar-refractivity contribution < 1.29 is 32.7 Å². The number of hydrogen-bond acceptors (Lipinski definition) is 9. The normalized spacial score (nSPS) is 11.4. The second kappa shape index (κ2) is 8.98. The Morgan fingerprint density at radius 3 is 2.17 bits per heavy atom. The molecule has 1 heterocycles. The first-order chi connectivity index (χ1) is 16.6. The summed E-state index contributed by atoms with van der Waals surface area (Å²) in [5, 5.41) is 40.7. The van der Waals surface area contributed by atoms with Gasteiger partial charge in [0.25, 0.3) is 21.5 Å².